The van der Waals surface area contributed by atoms with Crippen molar-refractivity contribution in [3.05, 3.63) is 6.92 Å². The number of carboxylic acid groups (broad SMARTS) is 1. The molecular weight excluding hydrogens is 118 g/mol. The van der Waals surface area contributed by atoms with Crippen LogP contribution in [0.2, 0.25) is 0 Å². The zero-order valence-corrected chi connectivity index (χ0v) is 2.56. The summed E-state index contributed by atoms with van der Waals surface area (Å²) >= 11 is 0. The summed E-state index contributed by atoms with van der Waals surface area (Å²) in [5, 5.41) is 7.31. The molecule has 0 aliphatic carbocycles. The van der Waals surface area contributed by atoms with E-state index in [1.807, 2.05) is 0 Å². The quantitative estimate of drug-likeness (QED) is 0.373. The first-order valence-electron chi connectivity index (χ1n) is 0.781. The third-order valence-electron chi connectivity index (χ3n) is 0. The Hall–Kier alpha value is 1.43. The fraction of sp³-hybridized carbons (Fsp3) is 0. The molecule has 0 rings (SSSR count). The van der Waals surface area contributed by atoms with Crippen LogP contribution in [0.25, 0.3) is 0 Å². The van der Waals surface area contributed by atoms with E-state index >= 15 is 0 Å². The van der Waals surface area contributed by atoms with Gasteiger partial charge in [-0.2, -0.15) is 0 Å². The van der Waals surface area contributed by atoms with Gasteiger partial charge in [0.1, 0.15) is 0 Å². The van der Waals surface area contributed by atoms with Crippen LogP contribution in [0.15, 0.2) is 0 Å². The van der Waals surface area contributed by atoms with Crippen LogP contribution in [0, 0.1) is 6.92 Å². The molecule has 0 atom stereocenters. The summed E-state index contributed by atoms with van der Waals surface area (Å²) in [5.74, 6) is -1.08. The summed E-state index contributed by atoms with van der Waals surface area (Å²) in [6.07, 6.45) is 0. The van der Waals surface area contributed by atoms with Gasteiger partial charge in [0.15, 0.2) is 0 Å². The standard InChI is InChI=1S/C2H3O2.2Na.H2O.2H/c1-2(3)4;;;;;/h1H2,(H,3,4);;;1H2;;. The second kappa shape index (κ2) is 15.7. The summed E-state index contributed by atoms with van der Waals surface area (Å²) in [6, 6.07) is 0. The molecule has 0 amide bonds. The van der Waals surface area contributed by atoms with Gasteiger partial charge in [-0.05, 0) is 0 Å². The van der Waals surface area contributed by atoms with Gasteiger partial charge in [-0.25, -0.2) is 0 Å². The van der Waals surface area contributed by atoms with E-state index in [-0.39, 0.29) is 64.6 Å². The summed E-state index contributed by atoms with van der Waals surface area (Å²) < 4.78 is 0. The van der Waals surface area contributed by atoms with Crippen molar-refractivity contribution in [2.24, 2.45) is 0 Å². The van der Waals surface area contributed by atoms with Crippen LogP contribution in [-0.4, -0.2) is 75.7 Å². The van der Waals surface area contributed by atoms with Crippen molar-refractivity contribution in [2.45, 2.75) is 0 Å². The van der Waals surface area contributed by atoms with Crippen LogP contribution >= 0.6 is 0 Å². The number of hydrogen-bond acceptors (Lipinski definition) is 1. The van der Waals surface area contributed by atoms with Crippen molar-refractivity contribution < 1.29 is 15.4 Å². The maximum absolute atomic E-state index is 8.89. The number of carbonyl (C=O) groups is 1. The average Bonchev–Trinajstić information content (AvgIpc) is 0.811. The normalized spacial score (nSPS) is 3.57. The van der Waals surface area contributed by atoms with Crippen LogP contribution in [0.5, 0.6) is 0 Å². The van der Waals surface area contributed by atoms with Gasteiger partial charge >= 0.3 is 65.1 Å². The monoisotopic (exact) mass is 125 g/mol. The fourth-order valence-corrected chi connectivity index (χ4v) is 0. The van der Waals surface area contributed by atoms with Gasteiger partial charge < -0.3 is 10.6 Å². The van der Waals surface area contributed by atoms with Gasteiger partial charge in [0.05, 0.1) is 6.92 Å². The Bertz CT molecular complexity index is 33.9. The number of carboxylic acids is 1. The van der Waals surface area contributed by atoms with E-state index < -0.39 is 5.97 Å². The van der Waals surface area contributed by atoms with E-state index in [0.29, 0.717) is 0 Å². The van der Waals surface area contributed by atoms with E-state index in [4.69, 9.17) is 9.90 Å². The van der Waals surface area contributed by atoms with Crippen molar-refractivity contribution in [3.8, 4) is 0 Å². The molecule has 0 aromatic carbocycles. The van der Waals surface area contributed by atoms with Crippen LogP contribution in [0.4, 0.5) is 0 Å². The zero-order chi connectivity index (χ0) is 3.58. The summed E-state index contributed by atoms with van der Waals surface area (Å²) in [7, 11) is 0. The van der Waals surface area contributed by atoms with Crippen molar-refractivity contribution >= 4 is 65.1 Å². The van der Waals surface area contributed by atoms with Crippen LogP contribution < -0.4 is 0 Å². The molecule has 0 heterocycles. The molecule has 0 spiro atoms. The third kappa shape index (κ3) is 107. The Kier molecular flexibility index (Phi) is 53.0. The molecule has 1 radical (unpaired) electrons. The first-order chi connectivity index (χ1) is 1.73. The molecule has 3 N–H and O–H groups in total. The molecule has 0 saturated heterocycles. The van der Waals surface area contributed by atoms with Gasteiger partial charge in [-0.15, -0.1) is 0 Å². The summed E-state index contributed by atoms with van der Waals surface area (Å²) in [5.41, 5.74) is 0. The minimum atomic E-state index is -1.08. The molecule has 0 aliphatic heterocycles. The molecule has 5 heteroatoms. The van der Waals surface area contributed by atoms with Gasteiger partial charge in [0.25, 0.3) is 0 Å². The van der Waals surface area contributed by atoms with E-state index in [1.165, 1.54) is 0 Å². The van der Waals surface area contributed by atoms with Gasteiger partial charge in [-0.1, -0.05) is 0 Å². The molecule has 3 nitrogen and oxygen atoms in total. The fourth-order valence-electron chi connectivity index (χ4n) is 0. The van der Waals surface area contributed by atoms with E-state index in [2.05, 4.69) is 6.92 Å². The van der Waals surface area contributed by atoms with Gasteiger partial charge in [-0.3, -0.25) is 4.79 Å². The van der Waals surface area contributed by atoms with Crippen molar-refractivity contribution in [1.29, 1.82) is 0 Å². The molecule has 0 aliphatic rings. The number of rotatable bonds is 0. The predicted octanol–water partition coefficient (Wildman–Crippen LogP) is -2.22. The zero-order valence-electron chi connectivity index (χ0n) is 2.56. The molecule has 0 fully saturated rings. The van der Waals surface area contributed by atoms with Gasteiger partial charge in [0, 0.05) is 0 Å². The second-order valence-electron chi connectivity index (χ2n) is 0.394. The Balaban J connectivity index is -0.0000000150. The van der Waals surface area contributed by atoms with Crippen molar-refractivity contribution in [2.75, 3.05) is 0 Å². The second-order valence-corrected chi connectivity index (χ2v) is 0.394. The molecule has 0 saturated carbocycles. The molecule has 35 valence electrons. The van der Waals surface area contributed by atoms with E-state index in [1.54, 1.807) is 0 Å². The number of aliphatic carboxylic acids is 1. The maximum atomic E-state index is 8.89. The van der Waals surface area contributed by atoms with Crippen LogP contribution in [0.1, 0.15) is 0 Å². The summed E-state index contributed by atoms with van der Waals surface area (Å²) in [4.78, 5) is 8.89. The van der Waals surface area contributed by atoms with Crippen LogP contribution in [-0.2, 0) is 4.79 Å². The molecular formula is C2H7Na2O3. The first kappa shape index (κ1) is 23.7. The summed E-state index contributed by atoms with van der Waals surface area (Å²) in [6.45, 7) is 2.56. The number of hydrogen-bond donors (Lipinski definition) is 1. The Labute approximate surface area is 86.4 Å². The van der Waals surface area contributed by atoms with E-state index in [9.17, 15) is 0 Å². The third-order valence-corrected chi connectivity index (χ3v) is 0. The van der Waals surface area contributed by atoms with Gasteiger partial charge in [0.2, 0.25) is 0 Å². The minimum absolute atomic E-state index is 0. The molecule has 0 aromatic rings. The predicted molar refractivity (Wildman–Crippen MR) is 30.9 cm³/mol. The first-order valence-corrected chi connectivity index (χ1v) is 0.781. The molecule has 0 aromatic heterocycles. The molecule has 0 unspecified atom stereocenters. The topological polar surface area (TPSA) is 68.8 Å². The Morgan fingerprint density at radius 3 is 1.43 bits per heavy atom. The van der Waals surface area contributed by atoms with Crippen molar-refractivity contribution in [3.63, 3.8) is 0 Å². The van der Waals surface area contributed by atoms with Crippen molar-refractivity contribution in [1.82, 2.24) is 0 Å². The average molecular weight is 125 g/mol. The Morgan fingerprint density at radius 2 is 1.43 bits per heavy atom. The van der Waals surface area contributed by atoms with E-state index in [0.717, 1.165) is 0 Å². The van der Waals surface area contributed by atoms with Crippen LogP contribution in [0.3, 0.4) is 0 Å². The Morgan fingerprint density at radius 1 is 1.43 bits per heavy atom. The molecule has 7 heavy (non-hydrogen) atoms. The molecule has 0 bridgehead atoms. The SMILES string of the molecule is O.[CH2]C(=O)O.[NaH].[NaH].